The Labute approximate surface area is 452 Å². The topological polar surface area (TPSA) is 514 Å². The molecule has 422 valence electrons. The van der Waals surface area contributed by atoms with Crippen molar-refractivity contribution in [1.82, 2.24) is 24.9 Å². The number of azo groups is 2. The highest BCUT2D eigenvalue weighted by molar-refractivity contribution is 7.94. The number of hydrogen-bond donors (Lipinski definition) is 11. The van der Waals surface area contributed by atoms with Crippen molar-refractivity contribution < 1.29 is 87.9 Å². The Morgan fingerprint density at radius 3 is 1.71 bits per heavy atom. The summed E-state index contributed by atoms with van der Waals surface area (Å²) in [5, 5.41) is 38.9. The van der Waals surface area contributed by atoms with Gasteiger partial charge < -0.3 is 32.7 Å². The fourth-order valence-corrected chi connectivity index (χ4v) is 10.0. The van der Waals surface area contributed by atoms with Crippen LogP contribution in [0.4, 0.5) is 89.3 Å². The second-order valence-corrected chi connectivity index (χ2v) is 23.4. The predicted octanol–water partition coefficient (Wildman–Crippen LogP) is 6.67. The molecule has 0 saturated heterocycles. The molecule has 0 amide bonds. The first-order valence-corrected chi connectivity index (χ1v) is 29.0. The second-order valence-electron chi connectivity index (χ2n) is 15.3. The van der Waals surface area contributed by atoms with Crippen LogP contribution in [0.2, 0.25) is 0 Å². The van der Waals surface area contributed by atoms with Gasteiger partial charge in [0.1, 0.15) is 38.4 Å². The van der Waals surface area contributed by atoms with Gasteiger partial charge in [-0.1, -0.05) is 11.1 Å². The van der Waals surface area contributed by atoms with E-state index in [1.165, 1.54) is 42.5 Å². The van der Waals surface area contributed by atoms with Gasteiger partial charge in [-0.15, -0.1) is 24.8 Å². The van der Waals surface area contributed by atoms with Gasteiger partial charge in [0, 0.05) is 28.8 Å². The molecule has 0 aliphatic carbocycles. The highest BCUT2D eigenvalue weighted by Gasteiger charge is 2.24. The standard InChI is InChI=1S/C39H33F2N15O18S6/c40-31-18-32(49-36(41)48-31)44-21-6-10-28(75-74-73-57)25(15-21)53-56-35-33(42)27(17-30(34(35)43)79(66,67)68)55-54-26-16-22(7-11-29(26)78(63,64)65)47-39-51-37(50-38(52-39)46-20-2-1-3-24(14-20)77(60,61)62)45-19-4-8-23(9-5-19)76(58,59)13-12-72-80(69,70)71/h1-11,14-18,57H,12-13,42-43H2,(H,44,48,49)(H,60,61,62)(H,63,64,65)(H,66,67,68)(H,69,70,71)(H3,45,46,47,50,51,52). The molecule has 2 heterocycles. The van der Waals surface area contributed by atoms with E-state index in [2.05, 4.69) is 80.2 Å². The van der Waals surface area contributed by atoms with E-state index in [1.54, 1.807) is 0 Å². The van der Waals surface area contributed by atoms with E-state index in [1.807, 2.05) is 0 Å². The first-order valence-electron chi connectivity index (χ1n) is 20.9. The summed E-state index contributed by atoms with van der Waals surface area (Å²) in [5.74, 6) is -3.47. The summed E-state index contributed by atoms with van der Waals surface area (Å²) in [6.45, 7) is -0.900. The third-order valence-corrected chi connectivity index (χ3v) is 15.2. The number of benzene rings is 5. The number of anilines is 10. The third-order valence-electron chi connectivity index (χ3n) is 9.74. The number of nitrogens with zero attached hydrogens (tertiary/aromatic N) is 9. The molecule has 0 unspecified atom stereocenters. The molecule has 2 aromatic heterocycles. The summed E-state index contributed by atoms with van der Waals surface area (Å²) in [6.07, 6.45) is -1.42. The number of rotatable bonds is 23. The number of aromatic nitrogens is 5. The van der Waals surface area contributed by atoms with Crippen LogP contribution in [0.15, 0.2) is 142 Å². The highest BCUT2D eigenvalue weighted by atomic mass is 32.3. The van der Waals surface area contributed by atoms with Crippen molar-refractivity contribution in [2.75, 3.05) is 45.1 Å². The smallest absolute Gasteiger partial charge is 0.396 e. The van der Waals surface area contributed by atoms with E-state index in [4.69, 9.17) is 21.3 Å². The summed E-state index contributed by atoms with van der Waals surface area (Å²) in [6, 6.07) is 17.4. The van der Waals surface area contributed by atoms with E-state index < -0.39 is 118 Å². The largest absolute Gasteiger partial charge is 0.397 e. The van der Waals surface area contributed by atoms with Crippen LogP contribution >= 0.6 is 12.0 Å². The summed E-state index contributed by atoms with van der Waals surface area (Å²) >= 11 is 0.351. The summed E-state index contributed by atoms with van der Waals surface area (Å²) in [4.78, 5) is 16.2. The van der Waals surface area contributed by atoms with Crippen LogP contribution in [0.5, 0.6) is 0 Å². The van der Waals surface area contributed by atoms with E-state index in [9.17, 15) is 64.5 Å². The maximum absolute atomic E-state index is 13.8. The summed E-state index contributed by atoms with van der Waals surface area (Å²) in [5.41, 5.74) is 8.72. The number of nitrogen functional groups attached to an aromatic ring is 2. The minimum absolute atomic E-state index is 0.00131. The van der Waals surface area contributed by atoms with Crippen LogP contribution in [-0.2, 0) is 64.1 Å². The lowest BCUT2D eigenvalue weighted by molar-refractivity contribution is -0.432. The molecule has 0 saturated carbocycles. The van der Waals surface area contributed by atoms with E-state index in [0.29, 0.717) is 18.1 Å². The van der Waals surface area contributed by atoms with Gasteiger partial charge in [0.2, 0.25) is 23.8 Å². The molecular weight excluding hydrogens is 1200 g/mol. The molecule has 7 aromatic rings. The molecule has 0 radical (unpaired) electrons. The molecule has 0 spiro atoms. The zero-order valence-corrected chi connectivity index (χ0v) is 44.0. The molecule has 0 atom stereocenters. The number of nitrogens with one attached hydrogen (secondary N) is 4. The molecule has 80 heavy (non-hydrogen) atoms. The number of hydrogen-bond acceptors (Lipinski definition) is 30. The molecule has 5 aromatic carbocycles. The lowest BCUT2D eigenvalue weighted by Crippen LogP contribution is -2.15. The Morgan fingerprint density at radius 1 is 0.550 bits per heavy atom. The Balaban J connectivity index is 1.25. The quantitative estimate of drug-likeness (QED) is 0.00465. The molecule has 33 nitrogen and oxygen atoms in total. The first-order chi connectivity index (χ1) is 37.4. The normalized spacial score (nSPS) is 12.5. The minimum atomic E-state index is -5.27. The van der Waals surface area contributed by atoms with Crippen molar-refractivity contribution in [1.29, 1.82) is 0 Å². The summed E-state index contributed by atoms with van der Waals surface area (Å²) < 4.78 is 196. The van der Waals surface area contributed by atoms with Crippen molar-refractivity contribution in [3.05, 3.63) is 109 Å². The van der Waals surface area contributed by atoms with Gasteiger partial charge in [0.25, 0.3) is 30.4 Å². The van der Waals surface area contributed by atoms with Gasteiger partial charge in [-0.3, -0.25) is 18.2 Å². The second kappa shape index (κ2) is 24.1. The Bertz CT molecular complexity index is 4180. The van der Waals surface area contributed by atoms with Gasteiger partial charge in [0.05, 0.1) is 50.5 Å². The fourth-order valence-electron chi connectivity index (χ4n) is 6.34. The SMILES string of the molecule is Nc1c(N=Nc2cc(Nc3nc(Nc4ccc(S(=O)(=O)CCOS(=O)(=O)O)cc4)nc(Nc4cccc(S(=O)(=O)O)c4)n3)ccc2S(=O)(=O)O)cc(S(=O)(=O)O)c(N)c1N=Nc1cc(Nc2cc(F)nc(F)n2)ccc1SOOO. The highest BCUT2D eigenvalue weighted by Crippen LogP contribution is 2.45. The van der Waals surface area contributed by atoms with Crippen molar-refractivity contribution >= 4 is 143 Å². The zero-order chi connectivity index (χ0) is 58.4. The van der Waals surface area contributed by atoms with Gasteiger partial charge in [-0.2, -0.15) is 67.4 Å². The average molecular weight is 1230 g/mol. The van der Waals surface area contributed by atoms with Crippen LogP contribution in [0, 0.1) is 12.0 Å². The van der Waals surface area contributed by atoms with Crippen LogP contribution < -0.4 is 32.7 Å². The van der Waals surface area contributed by atoms with Crippen molar-refractivity contribution in [3.63, 3.8) is 0 Å². The molecule has 0 aliphatic heterocycles. The van der Waals surface area contributed by atoms with Crippen molar-refractivity contribution in [2.24, 2.45) is 20.5 Å². The molecule has 0 fully saturated rings. The average Bonchev–Trinajstić information content (AvgIpc) is 3.35. The van der Waals surface area contributed by atoms with Gasteiger partial charge in [0.15, 0.2) is 9.84 Å². The Morgan fingerprint density at radius 2 is 1.11 bits per heavy atom. The monoisotopic (exact) mass is 1230 g/mol. The van der Waals surface area contributed by atoms with E-state index in [-0.39, 0.29) is 61.9 Å². The molecular formula is C39H33F2N15O18S6. The number of sulfone groups is 1. The lowest BCUT2D eigenvalue weighted by atomic mass is 10.2. The molecule has 13 N–H and O–H groups in total. The van der Waals surface area contributed by atoms with Gasteiger partial charge >= 0.3 is 16.5 Å². The molecule has 41 heteroatoms. The Hall–Kier alpha value is -8.17. The number of halogens is 2. The van der Waals surface area contributed by atoms with E-state index >= 15 is 0 Å². The fraction of sp³-hybridized carbons (Fsp3) is 0.0513. The Kier molecular flexibility index (Phi) is 17.9. The van der Waals surface area contributed by atoms with Crippen LogP contribution in [-0.4, -0.2) is 103 Å². The molecule has 0 bridgehead atoms. The molecule has 0 aliphatic rings. The molecule has 7 rings (SSSR count). The van der Waals surface area contributed by atoms with Crippen molar-refractivity contribution in [2.45, 2.75) is 24.5 Å². The van der Waals surface area contributed by atoms with Crippen LogP contribution in [0.3, 0.4) is 0 Å². The van der Waals surface area contributed by atoms with Crippen LogP contribution in [0.25, 0.3) is 0 Å². The maximum Gasteiger partial charge on any atom is 0.397 e. The van der Waals surface area contributed by atoms with Crippen molar-refractivity contribution in [3.8, 4) is 0 Å². The first kappa shape index (κ1) is 59.5. The maximum atomic E-state index is 13.8. The third kappa shape index (κ3) is 16.0. The summed E-state index contributed by atoms with van der Waals surface area (Å²) in [7, 11) is -24.2. The minimum Gasteiger partial charge on any atom is -0.396 e. The zero-order valence-electron chi connectivity index (χ0n) is 39.1. The number of nitrogens with two attached hydrogens (primary N) is 2. The van der Waals surface area contributed by atoms with Crippen LogP contribution in [0.1, 0.15) is 0 Å². The van der Waals surface area contributed by atoms with Gasteiger partial charge in [-0.05, 0) is 84.9 Å². The van der Waals surface area contributed by atoms with E-state index in [0.717, 1.165) is 48.5 Å². The lowest BCUT2D eigenvalue weighted by Gasteiger charge is -2.13. The predicted molar refractivity (Wildman–Crippen MR) is 274 cm³/mol. The van der Waals surface area contributed by atoms with Gasteiger partial charge in [-0.25, -0.2) is 17.9 Å².